The van der Waals surface area contributed by atoms with E-state index >= 15 is 0 Å². The second-order valence-corrected chi connectivity index (χ2v) is 7.09. The SMILES string of the molecule is COc1cc(C(C)(C)C)ccc1N1CCC2(CCO2)C1. The van der Waals surface area contributed by atoms with Crippen molar-refractivity contribution in [1.29, 1.82) is 0 Å². The zero-order valence-electron chi connectivity index (χ0n) is 13.0. The number of rotatable bonds is 2. The minimum absolute atomic E-state index is 0.133. The molecule has 1 spiro atoms. The standard InChI is InChI=1S/C17H25NO2/c1-16(2,3)13-5-6-14(15(11-13)19-4)18-9-7-17(12-18)8-10-20-17/h5-6,11H,7-10,12H2,1-4H3. The smallest absolute Gasteiger partial charge is 0.142 e. The van der Waals surface area contributed by atoms with Gasteiger partial charge in [-0.3, -0.25) is 0 Å². The molecule has 3 nitrogen and oxygen atoms in total. The van der Waals surface area contributed by atoms with Crippen LogP contribution in [0.1, 0.15) is 39.2 Å². The molecule has 0 saturated carbocycles. The molecule has 0 aromatic heterocycles. The van der Waals surface area contributed by atoms with Crippen molar-refractivity contribution < 1.29 is 9.47 Å². The van der Waals surface area contributed by atoms with Gasteiger partial charge in [-0.2, -0.15) is 0 Å². The molecule has 0 N–H and O–H groups in total. The first-order valence-corrected chi connectivity index (χ1v) is 7.51. The lowest BCUT2D eigenvalue weighted by Crippen LogP contribution is -2.45. The molecule has 1 unspecified atom stereocenters. The van der Waals surface area contributed by atoms with Gasteiger partial charge in [0.2, 0.25) is 0 Å². The van der Waals surface area contributed by atoms with Gasteiger partial charge in [0.1, 0.15) is 5.75 Å². The van der Waals surface area contributed by atoms with E-state index in [0.29, 0.717) is 0 Å². The van der Waals surface area contributed by atoms with Crippen LogP contribution in [0.5, 0.6) is 5.75 Å². The van der Waals surface area contributed by atoms with Gasteiger partial charge < -0.3 is 14.4 Å². The molecule has 2 saturated heterocycles. The van der Waals surface area contributed by atoms with Crippen LogP contribution in [0, 0.1) is 0 Å². The molecule has 110 valence electrons. The Balaban J connectivity index is 1.86. The molecule has 2 heterocycles. The molecule has 3 rings (SSSR count). The van der Waals surface area contributed by atoms with Crippen molar-refractivity contribution in [1.82, 2.24) is 0 Å². The van der Waals surface area contributed by atoms with E-state index in [-0.39, 0.29) is 11.0 Å². The van der Waals surface area contributed by atoms with E-state index in [2.05, 4.69) is 43.9 Å². The predicted molar refractivity (Wildman–Crippen MR) is 81.8 cm³/mol. The van der Waals surface area contributed by atoms with E-state index in [4.69, 9.17) is 9.47 Å². The topological polar surface area (TPSA) is 21.7 Å². The first-order chi connectivity index (χ1) is 9.43. The van der Waals surface area contributed by atoms with Crippen molar-refractivity contribution in [2.45, 2.75) is 44.6 Å². The Morgan fingerprint density at radius 1 is 1.25 bits per heavy atom. The maximum Gasteiger partial charge on any atom is 0.142 e. The summed E-state index contributed by atoms with van der Waals surface area (Å²) in [6.45, 7) is 9.68. The number of nitrogens with zero attached hydrogens (tertiary/aromatic N) is 1. The highest BCUT2D eigenvalue weighted by molar-refractivity contribution is 5.61. The largest absolute Gasteiger partial charge is 0.495 e. The van der Waals surface area contributed by atoms with E-state index in [1.807, 2.05) is 0 Å². The van der Waals surface area contributed by atoms with Gasteiger partial charge in [0, 0.05) is 19.5 Å². The molecule has 1 aromatic rings. The van der Waals surface area contributed by atoms with Crippen LogP contribution in [0.25, 0.3) is 0 Å². The molecule has 0 aliphatic carbocycles. The third kappa shape index (κ3) is 2.28. The summed E-state index contributed by atoms with van der Waals surface area (Å²) in [5.41, 5.74) is 2.79. The minimum atomic E-state index is 0.133. The number of benzene rings is 1. The molecular formula is C17H25NO2. The van der Waals surface area contributed by atoms with Crippen molar-refractivity contribution >= 4 is 5.69 Å². The summed E-state index contributed by atoms with van der Waals surface area (Å²) in [6.07, 6.45) is 2.34. The first kappa shape index (κ1) is 13.7. The summed E-state index contributed by atoms with van der Waals surface area (Å²) in [5, 5.41) is 0. The van der Waals surface area contributed by atoms with E-state index in [1.54, 1.807) is 7.11 Å². The number of anilines is 1. The maximum absolute atomic E-state index is 5.80. The Hall–Kier alpha value is -1.22. The van der Waals surface area contributed by atoms with Crippen LogP contribution in [0.3, 0.4) is 0 Å². The molecule has 0 amide bonds. The monoisotopic (exact) mass is 275 g/mol. The fourth-order valence-corrected chi connectivity index (χ4v) is 3.17. The highest BCUT2D eigenvalue weighted by atomic mass is 16.5. The lowest BCUT2D eigenvalue weighted by Gasteiger charge is -2.38. The van der Waals surface area contributed by atoms with Gasteiger partial charge in [-0.05, 0) is 29.5 Å². The summed E-state index contributed by atoms with van der Waals surface area (Å²) in [7, 11) is 1.76. The van der Waals surface area contributed by atoms with Gasteiger partial charge in [0.05, 0.1) is 25.0 Å². The van der Waals surface area contributed by atoms with Crippen LogP contribution >= 0.6 is 0 Å². The van der Waals surface area contributed by atoms with Gasteiger partial charge in [0.15, 0.2) is 0 Å². The number of ether oxygens (including phenoxy) is 2. The van der Waals surface area contributed by atoms with E-state index < -0.39 is 0 Å². The van der Waals surface area contributed by atoms with E-state index in [0.717, 1.165) is 31.9 Å². The molecule has 2 fully saturated rings. The molecule has 2 aliphatic rings. The maximum atomic E-state index is 5.80. The third-order valence-electron chi connectivity index (χ3n) is 4.67. The Labute approximate surface area is 121 Å². The van der Waals surface area contributed by atoms with Crippen LogP contribution in [0.2, 0.25) is 0 Å². The molecule has 2 aliphatic heterocycles. The van der Waals surface area contributed by atoms with Crippen LogP contribution in [0.4, 0.5) is 5.69 Å². The normalized spacial score (nSPS) is 25.9. The lowest BCUT2D eigenvalue weighted by atomic mass is 9.87. The van der Waals surface area contributed by atoms with Gasteiger partial charge >= 0.3 is 0 Å². The van der Waals surface area contributed by atoms with Crippen molar-refractivity contribution in [2.75, 3.05) is 31.7 Å². The molecule has 1 atom stereocenters. The zero-order chi connectivity index (χ0) is 14.4. The van der Waals surface area contributed by atoms with Gasteiger partial charge in [-0.1, -0.05) is 26.8 Å². The van der Waals surface area contributed by atoms with Crippen molar-refractivity contribution in [3.63, 3.8) is 0 Å². The van der Waals surface area contributed by atoms with Crippen molar-refractivity contribution in [3.8, 4) is 5.75 Å². The van der Waals surface area contributed by atoms with Crippen molar-refractivity contribution in [3.05, 3.63) is 23.8 Å². The molecule has 20 heavy (non-hydrogen) atoms. The third-order valence-corrected chi connectivity index (χ3v) is 4.67. The van der Waals surface area contributed by atoms with E-state index in [1.165, 1.54) is 17.7 Å². The Kier molecular flexibility index (Phi) is 3.20. The predicted octanol–water partition coefficient (Wildman–Crippen LogP) is 3.36. The highest BCUT2D eigenvalue weighted by Gasteiger charge is 2.44. The van der Waals surface area contributed by atoms with E-state index in [9.17, 15) is 0 Å². The molecule has 1 aromatic carbocycles. The quantitative estimate of drug-likeness (QED) is 0.826. The molecule has 0 bridgehead atoms. The van der Waals surface area contributed by atoms with Crippen LogP contribution < -0.4 is 9.64 Å². The average Bonchev–Trinajstić information content (AvgIpc) is 2.82. The summed E-state index contributed by atoms with van der Waals surface area (Å²) in [6, 6.07) is 6.61. The fourth-order valence-electron chi connectivity index (χ4n) is 3.17. The van der Waals surface area contributed by atoms with Crippen molar-refractivity contribution in [2.24, 2.45) is 0 Å². The Morgan fingerprint density at radius 3 is 2.50 bits per heavy atom. The lowest BCUT2D eigenvalue weighted by molar-refractivity contribution is -0.130. The molecule has 0 radical (unpaired) electrons. The number of hydrogen-bond acceptors (Lipinski definition) is 3. The number of methoxy groups -OCH3 is 1. The molecular weight excluding hydrogens is 250 g/mol. The summed E-state index contributed by atoms with van der Waals surface area (Å²) in [4.78, 5) is 2.41. The van der Waals surface area contributed by atoms with Crippen LogP contribution in [0.15, 0.2) is 18.2 Å². The average molecular weight is 275 g/mol. The number of hydrogen-bond donors (Lipinski definition) is 0. The fraction of sp³-hybridized carbons (Fsp3) is 0.647. The minimum Gasteiger partial charge on any atom is -0.495 e. The zero-order valence-corrected chi connectivity index (χ0v) is 13.0. The van der Waals surface area contributed by atoms with Gasteiger partial charge in [-0.25, -0.2) is 0 Å². The summed E-state index contributed by atoms with van der Waals surface area (Å²) >= 11 is 0. The Morgan fingerprint density at radius 2 is 2.00 bits per heavy atom. The second kappa shape index (κ2) is 4.66. The summed E-state index contributed by atoms with van der Waals surface area (Å²) in [5.74, 6) is 0.980. The molecule has 3 heteroatoms. The van der Waals surface area contributed by atoms with Crippen LogP contribution in [-0.2, 0) is 10.2 Å². The van der Waals surface area contributed by atoms with Crippen LogP contribution in [-0.4, -0.2) is 32.4 Å². The van der Waals surface area contributed by atoms with Gasteiger partial charge in [0.25, 0.3) is 0 Å². The second-order valence-electron chi connectivity index (χ2n) is 7.09. The highest BCUT2D eigenvalue weighted by Crippen LogP contribution is 2.41. The summed E-state index contributed by atoms with van der Waals surface area (Å²) < 4.78 is 11.4. The first-order valence-electron chi connectivity index (χ1n) is 7.51. The van der Waals surface area contributed by atoms with Gasteiger partial charge in [-0.15, -0.1) is 0 Å². The Bertz CT molecular complexity index is 500.